The van der Waals surface area contributed by atoms with Gasteiger partial charge in [-0.2, -0.15) is 0 Å². The zero-order chi connectivity index (χ0) is 49.8. The molecule has 3 aromatic rings. The van der Waals surface area contributed by atoms with Crippen LogP contribution in [0, 0.1) is 5.82 Å². The minimum atomic E-state index is -0.178. The molecule has 0 aromatic heterocycles. The van der Waals surface area contributed by atoms with E-state index in [-0.39, 0.29) is 36.3 Å². The average Bonchev–Trinajstić information content (AvgIpc) is 3.35. The quantitative estimate of drug-likeness (QED) is 0.0279. The second-order valence-corrected chi connectivity index (χ2v) is 16.1. The summed E-state index contributed by atoms with van der Waals surface area (Å²) in [5.41, 5.74) is 17.4. The molecule has 0 aliphatic carbocycles. The van der Waals surface area contributed by atoms with Gasteiger partial charge in [0.1, 0.15) is 18.3 Å². The summed E-state index contributed by atoms with van der Waals surface area (Å²) >= 11 is 0. The third-order valence-electron chi connectivity index (χ3n) is 11.0. The Labute approximate surface area is 403 Å². The average molecular weight is 930 g/mol. The number of carbonyl (C=O) groups is 3. The summed E-state index contributed by atoms with van der Waals surface area (Å²) in [5.74, 6) is 0.748. The molecule has 0 spiro atoms. The Bertz CT molecular complexity index is 1870. The smallest absolute Gasteiger partial charge is 0.254 e. The maximum absolute atomic E-state index is 13.7. The number of amides is 3. The predicted octanol–water partition coefficient (Wildman–Crippen LogP) is 9.91. The molecule has 5 N–H and O–H groups in total. The number of rotatable bonds is 23. The van der Waals surface area contributed by atoms with Crippen molar-refractivity contribution in [2.45, 2.75) is 118 Å². The van der Waals surface area contributed by atoms with Gasteiger partial charge in [0.25, 0.3) is 5.91 Å². The van der Waals surface area contributed by atoms with Gasteiger partial charge in [-0.05, 0) is 118 Å². The molecular weight excluding hydrogens is 846 g/mol. The highest BCUT2D eigenvalue weighted by Crippen LogP contribution is 2.23. The summed E-state index contributed by atoms with van der Waals surface area (Å²) in [7, 11) is 3.43. The molecule has 12 nitrogen and oxygen atoms in total. The van der Waals surface area contributed by atoms with Crippen molar-refractivity contribution in [3.05, 3.63) is 114 Å². The number of hydrogen-bond acceptors (Lipinski definition) is 8. The van der Waals surface area contributed by atoms with E-state index in [0.29, 0.717) is 44.9 Å². The van der Waals surface area contributed by atoms with Crippen LogP contribution in [0.5, 0.6) is 0 Å². The van der Waals surface area contributed by atoms with Crippen molar-refractivity contribution in [2.24, 2.45) is 10.7 Å². The topological polar surface area (TPSA) is 156 Å². The van der Waals surface area contributed by atoms with Crippen LogP contribution in [0.3, 0.4) is 0 Å². The van der Waals surface area contributed by atoms with Gasteiger partial charge in [-0.25, -0.2) is 9.38 Å². The highest BCUT2D eigenvalue weighted by molar-refractivity contribution is 5.96. The minimum Gasteiger partial charge on any atom is -0.399 e. The molecule has 67 heavy (non-hydrogen) atoms. The Kier molecular flexibility index (Phi) is 32.7. The number of piperidine rings is 1. The van der Waals surface area contributed by atoms with Gasteiger partial charge in [-0.1, -0.05) is 95.5 Å². The number of unbranched alkanes of at least 4 members (excludes halogenated alkanes) is 3. The molecule has 3 amide bonds. The number of carbonyl (C=O) groups excluding carboxylic acids is 3. The molecule has 1 saturated heterocycles. The SMILES string of the molecule is CC.CC/C=C(CCCOCCOCC(=O)N1CCC(N)CC1)/N=C(\C=C(/C)C(C)N(C)C(=O)c1ccc(-c2ccc(N)cc2)cc1)N(CC)CCCCCC.CNC=O.Fc1ccccc1. The molecule has 0 bridgehead atoms. The van der Waals surface area contributed by atoms with E-state index in [0.717, 1.165) is 85.5 Å². The van der Waals surface area contributed by atoms with E-state index >= 15 is 0 Å². The Balaban J connectivity index is 0.00000150. The Morgan fingerprint density at radius 1 is 0.896 bits per heavy atom. The van der Waals surface area contributed by atoms with Gasteiger partial charge in [0.2, 0.25) is 12.3 Å². The van der Waals surface area contributed by atoms with Gasteiger partial charge in [0, 0.05) is 69.9 Å². The zero-order valence-corrected chi connectivity index (χ0v) is 42.3. The number of likely N-dealkylation sites (N-methyl/N-ethyl adjacent to an activating group) is 2. The normalized spacial score (nSPS) is 13.4. The standard InChI is InChI=1S/C44H68N6O4.C6H5F.C2H5NO.C2H6/c1-7-10-11-12-26-49(9-3)42(47-41(14-8-2)15-13-29-53-30-31-54-33-43(51)50-27-24-40(46)25-28-50)32-34(4)35(5)48(6)44(52)38-18-16-36(17-19-38)37-20-22-39(45)23-21-37;7-6-4-2-1-3-5-6;1-3-2-4;1-2/h14,16-23,32,35,40H,7-13,15,24-31,33,45-46H2,1-6H3;1-5H;2H,1H3,(H,3,4);1-2H3/b34-32+,41-14+,47-42+;;;. The fourth-order valence-corrected chi connectivity index (χ4v) is 6.82. The molecule has 13 heteroatoms. The van der Waals surface area contributed by atoms with Gasteiger partial charge >= 0.3 is 0 Å². The second kappa shape index (κ2) is 36.7. The molecule has 1 aliphatic rings. The van der Waals surface area contributed by atoms with E-state index in [1.165, 1.54) is 31.4 Å². The number of benzene rings is 3. The molecule has 0 saturated carbocycles. The van der Waals surface area contributed by atoms with Gasteiger partial charge in [-0.15, -0.1) is 0 Å². The summed E-state index contributed by atoms with van der Waals surface area (Å²) in [6, 6.07) is 23.5. The Morgan fingerprint density at radius 3 is 2.03 bits per heavy atom. The van der Waals surface area contributed by atoms with Gasteiger partial charge in [-0.3, -0.25) is 14.4 Å². The molecule has 1 heterocycles. The number of nitrogens with one attached hydrogen (secondary N) is 1. The summed E-state index contributed by atoms with van der Waals surface area (Å²) in [6.07, 6.45) is 13.9. The monoisotopic (exact) mass is 930 g/mol. The fraction of sp³-hybridized carbons (Fsp3) is 0.519. The predicted molar refractivity (Wildman–Crippen MR) is 276 cm³/mol. The van der Waals surface area contributed by atoms with Crippen LogP contribution in [0.4, 0.5) is 10.1 Å². The molecule has 0 radical (unpaired) electrons. The first-order valence-corrected chi connectivity index (χ1v) is 24.3. The number of hydrogen-bond donors (Lipinski definition) is 3. The van der Waals surface area contributed by atoms with Gasteiger partial charge < -0.3 is 41.0 Å². The largest absolute Gasteiger partial charge is 0.399 e. The third-order valence-corrected chi connectivity index (χ3v) is 11.0. The maximum atomic E-state index is 13.7. The van der Waals surface area contributed by atoms with E-state index in [1.54, 1.807) is 25.2 Å². The van der Waals surface area contributed by atoms with E-state index in [2.05, 4.69) is 57.0 Å². The number of ether oxygens (including phenoxy) is 2. The number of halogens is 1. The van der Waals surface area contributed by atoms with Gasteiger partial charge in [0.15, 0.2) is 0 Å². The van der Waals surface area contributed by atoms with Crippen molar-refractivity contribution < 1.29 is 28.2 Å². The van der Waals surface area contributed by atoms with Crippen LogP contribution in [0.1, 0.15) is 117 Å². The number of anilines is 1. The summed E-state index contributed by atoms with van der Waals surface area (Å²) in [6.45, 7) is 19.4. The molecule has 1 aliphatic heterocycles. The van der Waals surface area contributed by atoms with Crippen LogP contribution in [0.25, 0.3) is 11.1 Å². The first kappa shape index (κ1) is 59.6. The first-order chi connectivity index (χ1) is 32.4. The number of nitrogen functional groups attached to an aromatic ring is 1. The van der Waals surface area contributed by atoms with Crippen LogP contribution in [-0.2, 0) is 19.1 Å². The third kappa shape index (κ3) is 24.8. The minimum absolute atomic E-state index is 0.0222. The zero-order valence-electron chi connectivity index (χ0n) is 42.3. The lowest BCUT2D eigenvalue weighted by Gasteiger charge is -2.30. The number of nitrogens with zero attached hydrogens (tertiary/aromatic N) is 4. The lowest BCUT2D eigenvalue weighted by Crippen LogP contribution is -2.44. The second-order valence-electron chi connectivity index (χ2n) is 16.1. The highest BCUT2D eigenvalue weighted by atomic mass is 19.1. The number of likely N-dealkylation sites (tertiary alicyclic amines) is 1. The molecule has 1 fully saturated rings. The number of aliphatic imine (C=N–C) groups is 1. The van der Waals surface area contributed by atoms with Crippen LogP contribution in [0.15, 0.2) is 107 Å². The van der Waals surface area contributed by atoms with Crippen LogP contribution in [-0.4, -0.2) is 118 Å². The number of amidine groups is 1. The first-order valence-electron chi connectivity index (χ1n) is 24.3. The molecule has 4 rings (SSSR count). The number of allylic oxidation sites excluding steroid dienone is 2. The molecule has 3 aromatic carbocycles. The van der Waals surface area contributed by atoms with Crippen molar-refractivity contribution in [1.29, 1.82) is 0 Å². The van der Waals surface area contributed by atoms with E-state index in [1.807, 2.05) is 79.2 Å². The summed E-state index contributed by atoms with van der Waals surface area (Å²) in [5, 5.41) is 2.25. The fourth-order valence-electron chi connectivity index (χ4n) is 6.82. The Morgan fingerprint density at radius 2 is 1.49 bits per heavy atom. The summed E-state index contributed by atoms with van der Waals surface area (Å²) < 4.78 is 23.4. The molecule has 372 valence electrons. The van der Waals surface area contributed by atoms with Crippen LogP contribution in [0.2, 0.25) is 0 Å². The Hall–Kier alpha value is -5.37. The van der Waals surface area contributed by atoms with Crippen LogP contribution < -0.4 is 16.8 Å². The molecule has 1 unspecified atom stereocenters. The van der Waals surface area contributed by atoms with E-state index < -0.39 is 0 Å². The lowest BCUT2D eigenvalue weighted by atomic mass is 10.0. The van der Waals surface area contributed by atoms with Crippen molar-refractivity contribution in [3.8, 4) is 11.1 Å². The van der Waals surface area contributed by atoms with E-state index in [9.17, 15) is 14.0 Å². The van der Waals surface area contributed by atoms with Crippen molar-refractivity contribution in [1.82, 2.24) is 20.0 Å². The van der Waals surface area contributed by atoms with Crippen LogP contribution >= 0.6 is 0 Å². The maximum Gasteiger partial charge on any atom is 0.254 e. The van der Waals surface area contributed by atoms with Crippen molar-refractivity contribution in [3.63, 3.8) is 0 Å². The van der Waals surface area contributed by atoms with Gasteiger partial charge in [0.05, 0.1) is 19.3 Å². The molecule has 1 atom stereocenters. The van der Waals surface area contributed by atoms with Crippen molar-refractivity contribution >= 4 is 29.7 Å². The summed E-state index contributed by atoms with van der Waals surface area (Å²) in [4.78, 5) is 46.4. The number of nitrogens with two attached hydrogens (primary N) is 2. The lowest BCUT2D eigenvalue weighted by molar-refractivity contribution is -0.137. The highest BCUT2D eigenvalue weighted by Gasteiger charge is 2.22. The molecular formula is C54H84FN7O5. The van der Waals surface area contributed by atoms with E-state index in [4.69, 9.17) is 30.7 Å². The van der Waals surface area contributed by atoms with Crippen molar-refractivity contribution in [2.75, 3.05) is 72.4 Å².